The Morgan fingerprint density at radius 2 is 2.00 bits per heavy atom. The largest absolute Gasteiger partial charge is 0.477 e. The lowest BCUT2D eigenvalue weighted by molar-refractivity contribution is 0.0694. The summed E-state index contributed by atoms with van der Waals surface area (Å²) in [6.45, 7) is 0. The molecule has 86 valence electrons. The molecule has 1 fully saturated rings. The number of aromatic nitrogens is 1. The Labute approximate surface area is 93.5 Å². The highest BCUT2D eigenvalue weighted by molar-refractivity contribution is 5.87. The minimum absolute atomic E-state index is 0.119. The van der Waals surface area contributed by atoms with Crippen molar-refractivity contribution in [3.63, 3.8) is 0 Å². The standard InChI is InChI=1S/C12H15NO3/c1-13-6-9(8-4-2-3-5-8)11(14)10(7-13)12(15)16/h6-8H,2-5H2,1H3,(H,15,16). The topological polar surface area (TPSA) is 59.3 Å². The molecule has 1 heterocycles. The Kier molecular flexibility index (Phi) is 2.81. The Balaban J connectivity index is 2.52. The van der Waals surface area contributed by atoms with E-state index in [0.717, 1.165) is 25.7 Å². The van der Waals surface area contributed by atoms with Crippen molar-refractivity contribution in [2.75, 3.05) is 0 Å². The van der Waals surface area contributed by atoms with Crippen molar-refractivity contribution in [3.8, 4) is 0 Å². The fraction of sp³-hybridized carbons (Fsp3) is 0.500. The number of carboxylic acid groups (broad SMARTS) is 1. The van der Waals surface area contributed by atoms with Gasteiger partial charge in [-0.3, -0.25) is 4.79 Å². The van der Waals surface area contributed by atoms with Gasteiger partial charge in [-0.2, -0.15) is 0 Å². The maximum absolute atomic E-state index is 12.0. The lowest BCUT2D eigenvalue weighted by atomic mass is 9.97. The first-order valence-corrected chi connectivity index (χ1v) is 5.53. The molecule has 0 aromatic carbocycles. The summed E-state index contributed by atoms with van der Waals surface area (Å²) in [7, 11) is 1.75. The van der Waals surface area contributed by atoms with Crippen LogP contribution in [0.1, 0.15) is 47.5 Å². The highest BCUT2D eigenvalue weighted by atomic mass is 16.4. The lowest BCUT2D eigenvalue weighted by Gasteiger charge is -2.11. The molecule has 0 aliphatic heterocycles. The highest BCUT2D eigenvalue weighted by Gasteiger charge is 2.22. The van der Waals surface area contributed by atoms with Gasteiger partial charge in [-0.05, 0) is 18.8 Å². The lowest BCUT2D eigenvalue weighted by Crippen LogP contribution is -2.22. The van der Waals surface area contributed by atoms with Gasteiger partial charge in [-0.25, -0.2) is 4.79 Å². The third kappa shape index (κ3) is 1.87. The number of aromatic carboxylic acids is 1. The van der Waals surface area contributed by atoms with E-state index in [1.165, 1.54) is 6.20 Å². The second-order valence-corrected chi connectivity index (χ2v) is 4.41. The summed E-state index contributed by atoms with van der Waals surface area (Å²) >= 11 is 0. The number of aryl methyl sites for hydroxylation is 1. The normalized spacial score (nSPS) is 16.6. The maximum Gasteiger partial charge on any atom is 0.341 e. The van der Waals surface area contributed by atoms with Gasteiger partial charge in [0.25, 0.3) is 0 Å². The van der Waals surface area contributed by atoms with Crippen LogP contribution in [0.2, 0.25) is 0 Å². The van der Waals surface area contributed by atoms with Crippen molar-refractivity contribution in [3.05, 3.63) is 33.7 Å². The molecule has 1 saturated carbocycles. The molecule has 1 aromatic rings. The van der Waals surface area contributed by atoms with Gasteiger partial charge in [0.15, 0.2) is 5.43 Å². The molecular formula is C12H15NO3. The van der Waals surface area contributed by atoms with Gasteiger partial charge in [0.1, 0.15) is 5.56 Å². The van der Waals surface area contributed by atoms with E-state index >= 15 is 0 Å². The van der Waals surface area contributed by atoms with Crippen LogP contribution in [0.15, 0.2) is 17.2 Å². The molecule has 1 aromatic heterocycles. The van der Waals surface area contributed by atoms with Crippen molar-refractivity contribution in [1.29, 1.82) is 0 Å². The molecular weight excluding hydrogens is 206 g/mol. The SMILES string of the molecule is Cn1cc(C(=O)O)c(=O)c(C2CCCC2)c1. The molecule has 0 saturated heterocycles. The minimum Gasteiger partial charge on any atom is -0.477 e. The molecule has 4 nitrogen and oxygen atoms in total. The fourth-order valence-corrected chi connectivity index (χ4v) is 2.41. The van der Waals surface area contributed by atoms with Crippen molar-refractivity contribution in [1.82, 2.24) is 4.57 Å². The zero-order chi connectivity index (χ0) is 11.7. The smallest absolute Gasteiger partial charge is 0.341 e. The molecule has 4 heteroatoms. The van der Waals surface area contributed by atoms with Crippen molar-refractivity contribution in [2.45, 2.75) is 31.6 Å². The highest BCUT2D eigenvalue weighted by Crippen LogP contribution is 2.32. The van der Waals surface area contributed by atoms with Gasteiger partial charge in [0, 0.05) is 25.0 Å². The number of hydrogen-bond acceptors (Lipinski definition) is 2. The summed E-state index contributed by atoms with van der Waals surface area (Å²) in [5, 5.41) is 8.94. The minimum atomic E-state index is -1.14. The van der Waals surface area contributed by atoms with E-state index < -0.39 is 5.97 Å². The summed E-state index contributed by atoms with van der Waals surface area (Å²) in [6, 6.07) is 0. The summed E-state index contributed by atoms with van der Waals surface area (Å²) < 4.78 is 1.67. The van der Waals surface area contributed by atoms with Gasteiger partial charge >= 0.3 is 5.97 Å². The van der Waals surface area contributed by atoms with Gasteiger partial charge in [0.2, 0.25) is 0 Å². The number of hydrogen-bond donors (Lipinski definition) is 1. The van der Waals surface area contributed by atoms with E-state index in [1.54, 1.807) is 17.8 Å². The molecule has 1 aliphatic carbocycles. The third-order valence-electron chi connectivity index (χ3n) is 3.21. The quantitative estimate of drug-likeness (QED) is 0.827. The summed E-state index contributed by atoms with van der Waals surface area (Å²) in [5.74, 6) is -0.890. The van der Waals surface area contributed by atoms with E-state index in [1.807, 2.05) is 0 Å². The molecule has 0 unspecified atom stereocenters. The molecule has 0 amide bonds. The van der Waals surface area contributed by atoms with Crippen molar-refractivity contribution >= 4 is 5.97 Å². The van der Waals surface area contributed by atoms with Crippen molar-refractivity contribution in [2.24, 2.45) is 7.05 Å². The molecule has 16 heavy (non-hydrogen) atoms. The Morgan fingerprint density at radius 3 is 2.56 bits per heavy atom. The number of pyridine rings is 1. The Hall–Kier alpha value is -1.58. The average Bonchev–Trinajstić information content (AvgIpc) is 2.73. The Morgan fingerprint density at radius 1 is 1.38 bits per heavy atom. The Bertz CT molecular complexity index is 470. The van der Waals surface area contributed by atoms with Crippen LogP contribution in [0.25, 0.3) is 0 Å². The summed E-state index contributed by atoms with van der Waals surface area (Å²) in [5.41, 5.74) is 0.240. The van der Waals surface area contributed by atoms with Crippen LogP contribution in [-0.4, -0.2) is 15.6 Å². The molecule has 1 aliphatic rings. The van der Waals surface area contributed by atoms with E-state index in [2.05, 4.69) is 0 Å². The summed E-state index contributed by atoms with van der Waals surface area (Å²) in [4.78, 5) is 22.9. The fourth-order valence-electron chi connectivity index (χ4n) is 2.41. The molecule has 1 N–H and O–H groups in total. The van der Waals surface area contributed by atoms with Gasteiger partial charge in [0.05, 0.1) is 0 Å². The number of nitrogens with zero attached hydrogens (tertiary/aromatic N) is 1. The first-order valence-electron chi connectivity index (χ1n) is 5.53. The number of carbonyl (C=O) groups is 1. The number of carboxylic acids is 1. The van der Waals surface area contributed by atoms with E-state index in [9.17, 15) is 9.59 Å². The van der Waals surface area contributed by atoms with E-state index in [0.29, 0.717) is 5.56 Å². The second kappa shape index (κ2) is 4.12. The summed E-state index contributed by atoms with van der Waals surface area (Å²) in [6.07, 6.45) is 7.40. The first-order chi connectivity index (χ1) is 7.59. The monoisotopic (exact) mass is 221 g/mol. The predicted octanol–water partition coefficient (Wildman–Crippen LogP) is 1.74. The second-order valence-electron chi connectivity index (χ2n) is 4.41. The van der Waals surface area contributed by atoms with Crippen molar-refractivity contribution < 1.29 is 9.90 Å². The first kappa shape index (κ1) is 10.9. The van der Waals surface area contributed by atoms with Crippen LogP contribution >= 0.6 is 0 Å². The van der Waals surface area contributed by atoms with Crippen LogP contribution in [0, 0.1) is 0 Å². The number of rotatable bonds is 2. The molecule has 0 bridgehead atoms. The van der Waals surface area contributed by atoms with Crippen LogP contribution in [0.4, 0.5) is 0 Å². The van der Waals surface area contributed by atoms with E-state index in [-0.39, 0.29) is 16.9 Å². The van der Waals surface area contributed by atoms with Gasteiger partial charge in [-0.15, -0.1) is 0 Å². The molecule has 2 rings (SSSR count). The molecule has 0 atom stereocenters. The van der Waals surface area contributed by atoms with Crippen LogP contribution in [0.3, 0.4) is 0 Å². The third-order valence-corrected chi connectivity index (χ3v) is 3.21. The van der Waals surface area contributed by atoms with Gasteiger partial charge < -0.3 is 9.67 Å². The maximum atomic E-state index is 12.0. The molecule has 0 radical (unpaired) electrons. The predicted molar refractivity (Wildman–Crippen MR) is 59.9 cm³/mol. The van der Waals surface area contributed by atoms with Crippen LogP contribution < -0.4 is 5.43 Å². The van der Waals surface area contributed by atoms with Crippen LogP contribution in [0.5, 0.6) is 0 Å². The van der Waals surface area contributed by atoms with Gasteiger partial charge in [-0.1, -0.05) is 12.8 Å². The van der Waals surface area contributed by atoms with E-state index in [4.69, 9.17) is 5.11 Å². The average molecular weight is 221 g/mol. The molecule has 0 spiro atoms. The van der Waals surface area contributed by atoms with Crippen LogP contribution in [-0.2, 0) is 7.05 Å². The zero-order valence-corrected chi connectivity index (χ0v) is 9.27. The zero-order valence-electron chi connectivity index (χ0n) is 9.27.